The maximum Gasteiger partial charge on any atom is 0.335 e. The number of piperidine rings is 1. The van der Waals surface area contributed by atoms with Crippen LogP contribution in [-0.4, -0.2) is 75.9 Å². The van der Waals surface area contributed by atoms with Gasteiger partial charge in [0.15, 0.2) is 0 Å². The van der Waals surface area contributed by atoms with Crippen molar-refractivity contribution in [2.75, 3.05) is 38.6 Å². The molecule has 1 aliphatic heterocycles. The lowest BCUT2D eigenvalue weighted by Gasteiger charge is -2.37. The van der Waals surface area contributed by atoms with Gasteiger partial charge >= 0.3 is 5.97 Å². The van der Waals surface area contributed by atoms with Crippen LogP contribution in [0.2, 0.25) is 0 Å². The van der Waals surface area contributed by atoms with Crippen LogP contribution < -0.4 is 4.90 Å². The van der Waals surface area contributed by atoms with Crippen LogP contribution in [0.25, 0.3) is 11.4 Å². The van der Waals surface area contributed by atoms with E-state index in [0.717, 1.165) is 19.5 Å². The number of anilines is 1. The number of carbonyl (C=O) groups is 1. The summed E-state index contributed by atoms with van der Waals surface area (Å²) in [6.45, 7) is 2.09. The van der Waals surface area contributed by atoms with Gasteiger partial charge in [0.25, 0.3) is 0 Å². The molecule has 0 bridgehead atoms. The van der Waals surface area contributed by atoms with Crippen molar-refractivity contribution in [2.45, 2.75) is 12.5 Å². The number of aliphatic hydroxyl groups excluding tert-OH is 1. The summed E-state index contributed by atoms with van der Waals surface area (Å²) in [5.74, 6) is -0.250. The van der Waals surface area contributed by atoms with E-state index in [4.69, 9.17) is 5.11 Å². The van der Waals surface area contributed by atoms with Gasteiger partial charge in [0.2, 0.25) is 5.95 Å². The van der Waals surface area contributed by atoms with E-state index in [0.29, 0.717) is 23.9 Å². The molecule has 1 fully saturated rings. The highest BCUT2D eigenvalue weighted by atomic mass is 16.4. The predicted octanol–water partition coefficient (Wildman–Crippen LogP) is 0.986. The number of aliphatic hydroxyl groups is 1. The van der Waals surface area contributed by atoms with Gasteiger partial charge in [-0.15, -0.1) is 0 Å². The molecule has 2 aromatic rings. The van der Waals surface area contributed by atoms with Gasteiger partial charge in [0, 0.05) is 37.9 Å². The first-order valence-electron chi connectivity index (χ1n) is 8.54. The fourth-order valence-corrected chi connectivity index (χ4v) is 3.19. The zero-order chi connectivity index (χ0) is 18.7. The average molecular weight is 357 g/mol. The number of β-amino-alcohol motifs (C(OH)–C–C–N with tert-alkyl or cyclic N) is 1. The van der Waals surface area contributed by atoms with Crippen LogP contribution in [0, 0.1) is 5.92 Å². The smallest absolute Gasteiger partial charge is 0.335 e. The molecule has 0 unspecified atom stereocenters. The minimum absolute atomic E-state index is 0.162. The Morgan fingerprint density at radius 1 is 1.27 bits per heavy atom. The number of rotatable bonds is 5. The molecule has 8 heteroatoms. The first-order chi connectivity index (χ1) is 12.4. The van der Waals surface area contributed by atoms with Crippen molar-refractivity contribution in [1.82, 2.24) is 19.9 Å². The summed E-state index contributed by atoms with van der Waals surface area (Å²) in [4.78, 5) is 28.2. The molecule has 1 aliphatic rings. The molecule has 2 aromatic heterocycles. The van der Waals surface area contributed by atoms with Crippen molar-refractivity contribution >= 4 is 11.9 Å². The van der Waals surface area contributed by atoms with Crippen LogP contribution in [0.5, 0.6) is 0 Å². The number of aromatic nitrogens is 3. The van der Waals surface area contributed by atoms with Gasteiger partial charge in [-0.3, -0.25) is 4.98 Å². The van der Waals surface area contributed by atoms with Crippen molar-refractivity contribution in [3.05, 3.63) is 36.2 Å². The van der Waals surface area contributed by atoms with Crippen LogP contribution in [0.4, 0.5) is 5.95 Å². The maximum atomic E-state index is 11.1. The Morgan fingerprint density at radius 2 is 2.04 bits per heavy atom. The number of hydrogen-bond donors (Lipinski definition) is 2. The standard InChI is InChI=1S/C18H23N5O3/c1-22(2)10-13-5-8-23(11-16(13)24)18-20-7-4-14(21-18)15-9-12(17(25)26)3-6-19-15/h3-4,6-7,9,13,16,24H,5,8,10-11H2,1-2H3,(H,25,26)/t13-,16+/m0/s1. The van der Waals surface area contributed by atoms with Crippen molar-refractivity contribution < 1.29 is 15.0 Å². The highest BCUT2D eigenvalue weighted by molar-refractivity contribution is 5.88. The van der Waals surface area contributed by atoms with Crippen molar-refractivity contribution in [1.29, 1.82) is 0 Å². The molecule has 0 saturated carbocycles. The van der Waals surface area contributed by atoms with E-state index in [1.54, 1.807) is 12.3 Å². The molecule has 2 N–H and O–H groups in total. The highest BCUT2D eigenvalue weighted by Crippen LogP contribution is 2.23. The van der Waals surface area contributed by atoms with E-state index in [9.17, 15) is 9.90 Å². The first kappa shape index (κ1) is 18.2. The second-order valence-electron chi connectivity index (χ2n) is 6.80. The average Bonchev–Trinajstić information content (AvgIpc) is 2.63. The van der Waals surface area contributed by atoms with Gasteiger partial charge in [-0.1, -0.05) is 0 Å². The molecule has 0 amide bonds. The molecule has 3 heterocycles. The summed E-state index contributed by atoms with van der Waals surface area (Å²) >= 11 is 0. The third-order valence-electron chi connectivity index (χ3n) is 4.52. The maximum absolute atomic E-state index is 11.1. The fraction of sp³-hybridized carbons (Fsp3) is 0.444. The van der Waals surface area contributed by atoms with Crippen molar-refractivity contribution in [2.24, 2.45) is 5.92 Å². The molecular formula is C18H23N5O3. The topological polar surface area (TPSA) is 103 Å². The van der Waals surface area contributed by atoms with Crippen LogP contribution >= 0.6 is 0 Å². The first-order valence-corrected chi connectivity index (χ1v) is 8.54. The van der Waals surface area contributed by atoms with Gasteiger partial charge in [-0.25, -0.2) is 14.8 Å². The summed E-state index contributed by atoms with van der Waals surface area (Å²) in [6, 6.07) is 4.64. The van der Waals surface area contributed by atoms with E-state index in [1.807, 2.05) is 19.0 Å². The summed E-state index contributed by atoms with van der Waals surface area (Å²) in [5.41, 5.74) is 1.20. The summed E-state index contributed by atoms with van der Waals surface area (Å²) in [7, 11) is 4.01. The summed E-state index contributed by atoms with van der Waals surface area (Å²) in [6.07, 6.45) is 3.51. The number of aromatic carboxylic acids is 1. The number of carboxylic acids is 1. The van der Waals surface area contributed by atoms with Crippen LogP contribution in [-0.2, 0) is 0 Å². The molecule has 0 aromatic carbocycles. The Bertz CT molecular complexity index is 783. The molecular weight excluding hydrogens is 334 g/mol. The van der Waals surface area contributed by atoms with Gasteiger partial charge in [0.1, 0.15) is 0 Å². The monoisotopic (exact) mass is 357 g/mol. The molecule has 3 rings (SSSR count). The van der Waals surface area contributed by atoms with E-state index < -0.39 is 12.1 Å². The Morgan fingerprint density at radius 3 is 2.73 bits per heavy atom. The fourth-order valence-electron chi connectivity index (χ4n) is 3.19. The van der Waals surface area contributed by atoms with Crippen LogP contribution in [0.3, 0.4) is 0 Å². The van der Waals surface area contributed by atoms with E-state index >= 15 is 0 Å². The zero-order valence-corrected chi connectivity index (χ0v) is 14.9. The lowest BCUT2D eigenvalue weighted by atomic mass is 9.93. The quantitative estimate of drug-likeness (QED) is 0.817. The molecule has 0 radical (unpaired) electrons. The summed E-state index contributed by atoms with van der Waals surface area (Å²) in [5, 5.41) is 19.6. The second kappa shape index (κ2) is 7.76. The largest absolute Gasteiger partial charge is 0.478 e. The zero-order valence-electron chi connectivity index (χ0n) is 14.9. The van der Waals surface area contributed by atoms with Crippen LogP contribution in [0.15, 0.2) is 30.6 Å². The van der Waals surface area contributed by atoms with Crippen molar-refractivity contribution in [3.8, 4) is 11.4 Å². The van der Waals surface area contributed by atoms with Gasteiger partial charge in [-0.05, 0) is 38.7 Å². The van der Waals surface area contributed by atoms with Crippen molar-refractivity contribution in [3.63, 3.8) is 0 Å². The Kier molecular flexibility index (Phi) is 5.43. The van der Waals surface area contributed by atoms with Crippen LogP contribution in [0.1, 0.15) is 16.8 Å². The molecule has 0 aliphatic carbocycles. The van der Waals surface area contributed by atoms with E-state index in [2.05, 4.69) is 19.9 Å². The minimum Gasteiger partial charge on any atom is -0.478 e. The number of hydrogen-bond acceptors (Lipinski definition) is 7. The lowest BCUT2D eigenvalue weighted by molar-refractivity contribution is 0.0696. The Balaban J connectivity index is 1.78. The number of carboxylic acid groups (broad SMARTS) is 1. The SMILES string of the molecule is CN(C)C[C@@H]1CCN(c2nccc(-c3cc(C(=O)O)ccn3)n2)C[C@H]1O. The van der Waals surface area contributed by atoms with Gasteiger partial charge in [-0.2, -0.15) is 0 Å². The number of pyridine rings is 1. The molecule has 138 valence electrons. The molecule has 1 saturated heterocycles. The Hall–Kier alpha value is -2.58. The molecule has 2 atom stereocenters. The summed E-state index contributed by atoms with van der Waals surface area (Å²) < 4.78 is 0. The molecule has 8 nitrogen and oxygen atoms in total. The third kappa shape index (κ3) is 4.14. The molecule has 0 spiro atoms. The third-order valence-corrected chi connectivity index (χ3v) is 4.52. The predicted molar refractivity (Wildman–Crippen MR) is 97.1 cm³/mol. The van der Waals surface area contributed by atoms with E-state index in [-0.39, 0.29) is 11.5 Å². The highest BCUT2D eigenvalue weighted by Gasteiger charge is 2.29. The van der Waals surface area contributed by atoms with Gasteiger partial charge < -0.3 is 20.0 Å². The normalized spacial score (nSPS) is 20.4. The molecule has 26 heavy (non-hydrogen) atoms. The lowest BCUT2D eigenvalue weighted by Crippen LogP contribution is -2.47. The number of nitrogens with zero attached hydrogens (tertiary/aromatic N) is 5. The van der Waals surface area contributed by atoms with E-state index in [1.165, 1.54) is 18.3 Å². The van der Waals surface area contributed by atoms with Gasteiger partial charge in [0.05, 0.1) is 23.1 Å². The second-order valence-corrected chi connectivity index (χ2v) is 6.80. The minimum atomic E-state index is -1.01. The Labute approximate surface area is 152 Å².